The van der Waals surface area contributed by atoms with Gasteiger partial charge < -0.3 is 20.1 Å². The van der Waals surface area contributed by atoms with E-state index < -0.39 is 26.5 Å². The summed E-state index contributed by atoms with van der Waals surface area (Å²) in [6.45, 7) is 3.74. The van der Waals surface area contributed by atoms with Crippen molar-refractivity contribution in [2.24, 2.45) is 5.73 Å². The summed E-state index contributed by atoms with van der Waals surface area (Å²) >= 11 is 0. The molecule has 0 amide bonds. The number of unbranched alkanes of at least 4 members (excludes halogenated alkanes) is 25. The van der Waals surface area contributed by atoms with Gasteiger partial charge in [-0.05, 0) is 38.5 Å². The lowest BCUT2D eigenvalue weighted by Crippen LogP contribution is -2.29. The number of carbonyl (C=O) groups is 2. The highest BCUT2D eigenvalue weighted by Gasteiger charge is 2.26. The van der Waals surface area contributed by atoms with E-state index in [2.05, 4.69) is 26.0 Å². The molecule has 0 fully saturated rings. The van der Waals surface area contributed by atoms with E-state index in [4.69, 9.17) is 24.3 Å². The zero-order valence-electron chi connectivity index (χ0n) is 33.1. The van der Waals surface area contributed by atoms with E-state index in [1.165, 1.54) is 128 Å². The minimum atomic E-state index is -4.37. The highest BCUT2D eigenvalue weighted by molar-refractivity contribution is 7.47. The summed E-state index contributed by atoms with van der Waals surface area (Å²) in [6, 6.07) is 0. The lowest BCUT2D eigenvalue weighted by molar-refractivity contribution is -0.161. The van der Waals surface area contributed by atoms with Gasteiger partial charge in [0, 0.05) is 19.4 Å². The Bertz CT molecular complexity index is 856. The molecular formula is C41H80NO8P. The Labute approximate surface area is 313 Å². The Balaban J connectivity index is 4.14. The second kappa shape index (κ2) is 38.5. The van der Waals surface area contributed by atoms with Crippen molar-refractivity contribution >= 4 is 19.8 Å². The molecule has 0 radical (unpaired) electrons. The number of hydrogen-bond acceptors (Lipinski definition) is 8. The van der Waals surface area contributed by atoms with Gasteiger partial charge in [-0.25, -0.2) is 4.57 Å². The first-order chi connectivity index (χ1) is 24.8. The molecule has 302 valence electrons. The molecular weight excluding hydrogens is 665 g/mol. The number of esters is 2. The molecule has 1 unspecified atom stereocenters. The van der Waals surface area contributed by atoms with Gasteiger partial charge in [0.15, 0.2) is 6.10 Å². The molecule has 51 heavy (non-hydrogen) atoms. The quantitative estimate of drug-likeness (QED) is 0.0272. The first-order valence-corrected chi connectivity index (χ1v) is 22.7. The number of carbonyl (C=O) groups excluding carboxylic acids is 2. The first kappa shape index (κ1) is 49.8. The second-order valence-corrected chi connectivity index (χ2v) is 15.7. The minimum absolute atomic E-state index is 0.0557. The van der Waals surface area contributed by atoms with Gasteiger partial charge in [0.1, 0.15) is 6.61 Å². The van der Waals surface area contributed by atoms with E-state index in [1.54, 1.807) is 0 Å². The normalized spacial score (nSPS) is 13.4. The fraction of sp³-hybridized carbons (Fsp3) is 0.902. The molecule has 0 spiro atoms. The Hall–Kier alpha value is -1.25. The standard InChI is InChI=1S/C41H80NO8P/c1-3-5-7-9-11-13-15-17-19-21-23-25-27-29-31-33-40(43)47-37-39(38-49-51(45,46)48-36-35-42)50-41(44)34-32-30-28-26-24-22-20-18-16-14-12-10-8-6-4-2/h13,15,39H,3-12,14,16-38,42H2,1-2H3,(H,45,46)/b15-13+/t39-/m1/s1. The van der Waals surface area contributed by atoms with Crippen LogP contribution in [0.1, 0.15) is 206 Å². The average molecular weight is 746 g/mol. The summed E-state index contributed by atoms with van der Waals surface area (Å²) in [5.41, 5.74) is 5.34. The maximum Gasteiger partial charge on any atom is 0.472 e. The molecule has 0 heterocycles. The molecule has 0 aromatic heterocycles. The van der Waals surface area contributed by atoms with Gasteiger partial charge in [-0.2, -0.15) is 0 Å². The van der Waals surface area contributed by atoms with Crippen LogP contribution in [0.4, 0.5) is 0 Å². The Morgan fingerprint density at radius 3 is 1.41 bits per heavy atom. The molecule has 9 nitrogen and oxygen atoms in total. The summed E-state index contributed by atoms with van der Waals surface area (Å²) in [6.07, 6.45) is 38.0. The predicted octanol–water partition coefficient (Wildman–Crippen LogP) is 11.8. The highest BCUT2D eigenvalue weighted by atomic mass is 31.2. The topological polar surface area (TPSA) is 134 Å². The third kappa shape index (κ3) is 38.3. The lowest BCUT2D eigenvalue weighted by Gasteiger charge is -2.19. The van der Waals surface area contributed by atoms with Gasteiger partial charge in [0.2, 0.25) is 0 Å². The van der Waals surface area contributed by atoms with Crippen LogP contribution in [0.25, 0.3) is 0 Å². The van der Waals surface area contributed by atoms with Crippen molar-refractivity contribution in [1.82, 2.24) is 0 Å². The van der Waals surface area contributed by atoms with Crippen LogP contribution in [0, 0.1) is 0 Å². The van der Waals surface area contributed by atoms with Crippen molar-refractivity contribution in [3.05, 3.63) is 12.2 Å². The zero-order chi connectivity index (χ0) is 37.5. The summed E-state index contributed by atoms with van der Waals surface area (Å²) < 4.78 is 32.7. The Morgan fingerprint density at radius 1 is 0.569 bits per heavy atom. The molecule has 0 aliphatic carbocycles. The fourth-order valence-electron chi connectivity index (χ4n) is 5.98. The van der Waals surface area contributed by atoms with E-state index in [1.807, 2.05) is 0 Å². The van der Waals surface area contributed by atoms with Crippen LogP contribution in [0.5, 0.6) is 0 Å². The SMILES string of the molecule is CCCCCC/C=C/CCCCCCCCCC(=O)OC[C@H](COP(=O)(O)OCCN)OC(=O)CCCCCCCCCCCCCCCCC. The van der Waals surface area contributed by atoms with E-state index in [-0.39, 0.29) is 38.6 Å². The van der Waals surface area contributed by atoms with Crippen molar-refractivity contribution in [2.75, 3.05) is 26.4 Å². The molecule has 0 aliphatic heterocycles. The van der Waals surface area contributed by atoms with Crippen molar-refractivity contribution in [3.8, 4) is 0 Å². The van der Waals surface area contributed by atoms with Crippen LogP contribution in [0.15, 0.2) is 12.2 Å². The van der Waals surface area contributed by atoms with Gasteiger partial charge >= 0.3 is 19.8 Å². The molecule has 0 aliphatic rings. The number of ether oxygens (including phenoxy) is 2. The van der Waals surface area contributed by atoms with Crippen molar-refractivity contribution in [2.45, 2.75) is 213 Å². The summed E-state index contributed by atoms with van der Waals surface area (Å²) in [5, 5.41) is 0. The summed E-state index contributed by atoms with van der Waals surface area (Å²) in [5.74, 6) is -0.824. The molecule has 0 rings (SSSR count). The minimum Gasteiger partial charge on any atom is -0.462 e. The molecule has 0 bridgehead atoms. The number of nitrogens with two attached hydrogens (primary N) is 1. The third-order valence-electron chi connectivity index (χ3n) is 9.15. The number of rotatable bonds is 40. The molecule has 0 saturated heterocycles. The van der Waals surface area contributed by atoms with Crippen LogP contribution >= 0.6 is 7.82 Å². The number of hydrogen-bond donors (Lipinski definition) is 2. The van der Waals surface area contributed by atoms with E-state index in [0.29, 0.717) is 6.42 Å². The number of phosphoric ester groups is 1. The third-order valence-corrected chi connectivity index (χ3v) is 10.1. The molecule has 0 saturated carbocycles. The van der Waals surface area contributed by atoms with E-state index in [9.17, 15) is 19.0 Å². The fourth-order valence-corrected chi connectivity index (χ4v) is 6.75. The summed E-state index contributed by atoms with van der Waals surface area (Å²) in [7, 11) is -4.37. The molecule has 3 N–H and O–H groups in total. The van der Waals surface area contributed by atoms with Crippen molar-refractivity contribution in [3.63, 3.8) is 0 Å². The summed E-state index contributed by atoms with van der Waals surface area (Å²) in [4.78, 5) is 34.8. The monoisotopic (exact) mass is 746 g/mol. The Morgan fingerprint density at radius 2 is 0.961 bits per heavy atom. The van der Waals surface area contributed by atoms with Gasteiger partial charge in [-0.1, -0.05) is 167 Å². The number of phosphoric acid groups is 1. The van der Waals surface area contributed by atoms with Crippen LogP contribution < -0.4 is 5.73 Å². The molecule has 10 heteroatoms. The maximum atomic E-state index is 12.6. The van der Waals surface area contributed by atoms with Gasteiger partial charge in [-0.15, -0.1) is 0 Å². The zero-order valence-corrected chi connectivity index (χ0v) is 34.0. The van der Waals surface area contributed by atoms with Crippen LogP contribution in [-0.4, -0.2) is 49.3 Å². The predicted molar refractivity (Wildman–Crippen MR) is 211 cm³/mol. The van der Waals surface area contributed by atoms with Gasteiger partial charge in [0.05, 0.1) is 13.2 Å². The average Bonchev–Trinajstić information content (AvgIpc) is 3.11. The van der Waals surface area contributed by atoms with E-state index >= 15 is 0 Å². The van der Waals surface area contributed by atoms with Crippen LogP contribution in [0.2, 0.25) is 0 Å². The maximum absolute atomic E-state index is 12.6. The number of allylic oxidation sites excluding steroid dienone is 2. The molecule has 0 aromatic carbocycles. The molecule has 2 atom stereocenters. The lowest BCUT2D eigenvalue weighted by atomic mass is 10.0. The van der Waals surface area contributed by atoms with Crippen LogP contribution in [-0.2, 0) is 32.7 Å². The van der Waals surface area contributed by atoms with Crippen molar-refractivity contribution in [1.29, 1.82) is 0 Å². The van der Waals surface area contributed by atoms with Gasteiger partial charge in [0.25, 0.3) is 0 Å². The largest absolute Gasteiger partial charge is 0.472 e. The second-order valence-electron chi connectivity index (χ2n) is 14.2. The highest BCUT2D eigenvalue weighted by Crippen LogP contribution is 2.43. The van der Waals surface area contributed by atoms with E-state index in [0.717, 1.165) is 44.9 Å². The Kier molecular flexibility index (Phi) is 37.5. The van der Waals surface area contributed by atoms with Crippen molar-refractivity contribution < 1.29 is 37.6 Å². The molecule has 0 aromatic rings. The van der Waals surface area contributed by atoms with Gasteiger partial charge in [-0.3, -0.25) is 18.6 Å². The van der Waals surface area contributed by atoms with Crippen LogP contribution in [0.3, 0.4) is 0 Å². The smallest absolute Gasteiger partial charge is 0.462 e. The first-order valence-electron chi connectivity index (χ1n) is 21.2.